The van der Waals surface area contributed by atoms with E-state index in [9.17, 15) is 32.3 Å². The molecule has 0 aliphatic rings. The van der Waals surface area contributed by atoms with Crippen molar-refractivity contribution in [2.75, 3.05) is 18.4 Å². The SMILES string of the molecule is O=C(O)CCNC(=O)c1ccc(NC(=O)CC(=O)NCC(F)(F)F)cc1. The van der Waals surface area contributed by atoms with E-state index in [0.29, 0.717) is 0 Å². The molecule has 142 valence electrons. The van der Waals surface area contributed by atoms with Gasteiger partial charge in [-0.05, 0) is 24.3 Å². The number of carboxylic acids is 1. The molecule has 0 aliphatic heterocycles. The van der Waals surface area contributed by atoms with E-state index >= 15 is 0 Å². The van der Waals surface area contributed by atoms with E-state index in [0.717, 1.165) is 0 Å². The largest absolute Gasteiger partial charge is 0.481 e. The number of benzene rings is 1. The molecule has 26 heavy (non-hydrogen) atoms. The van der Waals surface area contributed by atoms with Gasteiger partial charge in [0.25, 0.3) is 5.91 Å². The number of halogens is 3. The Hall–Kier alpha value is -3.11. The second kappa shape index (κ2) is 9.39. The number of anilines is 1. The fourth-order valence-electron chi connectivity index (χ4n) is 1.70. The first-order valence-electron chi connectivity index (χ1n) is 7.30. The quantitative estimate of drug-likeness (QED) is 0.503. The Morgan fingerprint density at radius 3 is 2.12 bits per heavy atom. The van der Waals surface area contributed by atoms with Gasteiger partial charge in [0, 0.05) is 17.8 Å². The van der Waals surface area contributed by atoms with E-state index in [1.165, 1.54) is 24.3 Å². The predicted octanol–water partition coefficient (Wildman–Crippen LogP) is 0.898. The Balaban J connectivity index is 2.46. The highest BCUT2D eigenvalue weighted by Gasteiger charge is 2.28. The van der Waals surface area contributed by atoms with Crippen molar-refractivity contribution in [2.24, 2.45) is 0 Å². The van der Waals surface area contributed by atoms with Crippen LogP contribution in [0.2, 0.25) is 0 Å². The summed E-state index contributed by atoms with van der Waals surface area (Å²) in [5.74, 6) is -3.45. The summed E-state index contributed by atoms with van der Waals surface area (Å²) in [7, 11) is 0. The van der Waals surface area contributed by atoms with E-state index in [1.54, 1.807) is 5.32 Å². The van der Waals surface area contributed by atoms with Crippen molar-refractivity contribution in [3.63, 3.8) is 0 Å². The minimum atomic E-state index is -4.56. The van der Waals surface area contributed by atoms with Gasteiger partial charge in [-0.3, -0.25) is 19.2 Å². The molecule has 0 spiro atoms. The normalized spacial score (nSPS) is 10.7. The van der Waals surface area contributed by atoms with Crippen LogP contribution in [0.5, 0.6) is 0 Å². The van der Waals surface area contributed by atoms with Crippen LogP contribution in [0, 0.1) is 0 Å². The first kappa shape index (κ1) is 20.9. The molecule has 1 aromatic rings. The zero-order valence-electron chi connectivity index (χ0n) is 13.4. The van der Waals surface area contributed by atoms with E-state index in [4.69, 9.17) is 5.11 Å². The van der Waals surface area contributed by atoms with E-state index in [1.807, 2.05) is 0 Å². The number of carbonyl (C=O) groups is 4. The molecule has 0 atom stereocenters. The van der Waals surface area contributed by atoms with Gasteiger partial charge in [-0.2, -0.15) is 13.2 Å². The van der Waals surface area contributed by atoms with Gasteiger partial charge in [0.2, 0.25) is 11.8 Å². The second-order valence-corrected chi connectivity index (χ2v) is 5.09. The molecule has 0 fully saturated rings. The Kier molecular flexibility index (Phi) is 7.56. The minimum Gasteiger partial charge on any atom is -0.481 e. The van der Waals surface area contributed by atoms with Crippen molar-refractivity contribution in [2.45, 2.75) is 19.0 Å². The van der Waals surface area contributed by atoms with Crippen LogP contribution in [0.4, 0.5) is 18.9 Å². The van der Waals surface area contributed by atoms with Crippen molar-refractivity contribution in [3.8, 4) is 0 Å². The lowest BCUT2D eigenvalue weighted by atomic mass is 10.2. The molecule has 1 rings (SSSR count). The molecule has 0 heterocycles. The van der Waals surface area contributed by atoms with Crippen molar-refractivity contribution >= 4 is 29.4 Å². The average molecular weight is 375 g/mol. The van der Waals surface area contributed by atoms with Gasteiger partial charge in [-0.15, -0.1) is 0 Å². The summed E-state index contributed by atoms with van der Waals surface area (Å²) in [5, 5.41) is 14.7. The highest BCUT2D eigenvalue weighted by molar-refractivity contribution is 6.03. The fraction of sp³-hybridized carbons (Fsp3) is 0.333. The summed E-state index contributed by atoms with van der Waals surface area (Å²) < 4.78 is 35.8. The highest BCUT2D eigenvalue weighted by Crippen LogP contribution is 2.12. The number of alkyl halides is 3. The third-order valence-electron chi connectivity index (χ3n) is 2.86. The Bertz CT molecular complexity index is 674. The monoisotopic (exact) mass is 375 g/mol. The van der Waals surface area contributed by atoms with Crippen LogP contribution in [-0.2, 0) is 14.4 Å². The second-order valence-electron chi connectivity index (χ2n) is 5.09. The molecular formula is C15H16F3N3O5. The average Bonchev–Trinajstić information content (AvgIpc) is 2.52. The van der Waals surface area contributed by atoms with Crippen molar-refractivity contribution in [1.29, 1.82) is 0 Å². The first-order chi connectivity index (χ1) is 12.1. The number of carbonyl (C=O) groups excluding carboxylic acids is 3. The summed E-state index contributed by atoms with van der Waals surface area (Å²) >= 11 is 0. The van der Waals surface area contributed by atoms with Gasteiger partial charge in [0.1, 0.15) is 13.0 Å². The lowest BCUT2D eigenvalue weighted by Gasteiger charge is -2.09. The molecular weight excluding hydrogens is 359 g/mol. The number of hydrogen-bond donors (Lipinski definition) is 4. The standard InChI is InChI=1S/C15H16F3N3O5/c16-15(17,18)8-20-11(22)7-12(23)21-10-3-1-9(2-4-10)14(26)19-6-5-13(24)25/h1-4H,5-8H2,(H,19,26)(H,20,22)(H,21,23)(H,24,25). The molecule has 0 saturated carbocycles. The van der Waals surface area contributed by atoms with Crippen LogP contribution in [-0.4, -0.2) is 48.1 Å². The van der Waals surface area contributed by atoms with E-state index in [2.05, 4.69) is 10.6 Å². The molecule has 11 heteroatoms. The summed E-state index contributed by atoms with van der Waals surface area (Å²) in [4.78, 5) is 44.9. The lowest BCUT2D eigenvalue weighted by Crippen LogP contribution is -2.35. The molecule has 0 aliphatic carbocycles. The van der Waals surface area contributed by atoms with Crippen LogP contribution in [0.1, 0.15) is 23.2 Å². The van der Waals surface area contributed by atoms with Gasteiger partial charge in [0.15, 0.2) is 0 Å². The predicted molar refractivity (Wildman–Crippen MR) is 83.3 cm³/mol. The molecule has 3 amide bonds. The number of aliphatic carboxylic acids is 1. The van der Waals surface area contributed by atoms with Crippen molar-refractivity contribution in [3.05, 3.63) is 29.8 Å². The summed E-state index contributed by atoms with van der Waals surface area (Å²) in [6.07, 6.45) is -5.57. The fourth-order valence-corrected chi connectivity index (χ4v) is 1.70. The van der Waals surface area contributed by atoms with Crippen LogP contribution >= 0.6 is 0 Å². The molecule has 0 unspecified atom stereocenters. The van der Waals surface area contributed by atoms with Crippen LogP contribution in [0.3, 0.4) is 0 Å². The van der Waals surface area contributed by atoms with Crippen molar-refractivity contribution < 1.29 is 37.5 Å². The molecule has 0 saturated heterocycles. The maximum atomic E-state index is 11.9. The maximum absolute atomic E-state index is 11.9. The molecule has 4 N–H and O–H groups in total. The zero-order chi connectivity index (χ0) is 19.7. The molecule has 0 bridgehead atoms. The Morgan fingerprint density at radius 2 is 1.58 bits per heavy atom. The van der Waals surface area contributed by atoms with Gasteiger partial charge < -0.3 is 21.1 Å². The van der Waals surface area contributed by atoms with Gasteiger partial charge in [-0.1, -0.05) is 0 Å². The third kappa shape index (κ3) is 8.66. The maximum Gasteiger partial charge on any atom is 0.405 e. The first-order valence-corrected chi connectivity index (χ1v) is 7.30. The third-order valence-corrected chi connectivity index (χ3v) is 2.86. The van der Waals surface area contributed by atoms with Gasteiger partial charge in [0.05, 0.1) is 6.42 Å². The van der Waals surface area contributed by atoms with Crippen molar-refractivity contribution in [1.82, 2.24) is 10.6 Å². The van der Waals surface area contributed by atoms with Crippen LogP contribution in [0.15, 0.2) is 24.3 Å². The van der Waals surface area contributed by atoms with Gasteiger partial charge in [-0.25, -0.2) is 0 Å². The molecule has 8 nitrogen and oxygen atoms in total. The van der Waals surface area contributed by atoms with E-state index in [-0.39, 0.29) is 24.2 Å². The summed E-state index contributed by atoms with van der Waals surface area (Å²) in [5.41, 5.74) is 0.456. The number of carboxylic acid groups (broad SMARTS) is 1. The van der Waals surface area contributed by atoms with E-state index < -0.39 is 42.8 Å². The summed E-state index contributed by atoms with van der Waals surface area (Å²) in [6, 6.07) is 5.43. The lowest BCUT2D eigenvalue weighted by molar-refractivity contribution is -0.140. The molecule has 0 radical (unpaired) electrons. The van der Waals surface area contributed by atoms with Crippen LogP contribution < -0.4 is 16.0 Å². The topological polar surface area (TPSA) is 125 Å². The van der Waals surface area contributed by atoms with Crippen LogP contribution in [0.25, 0.3) is 0 Å². The zero-order valence-corrected chi connectivity index (χ0v) is 13.4. The minimum absolute atomic E-state index is 0.0420. The number of nitrogens with one attached hydrogen (secondary N) is 3. The molecule has 1 aromatic carbocycles. The Morgan fingerprint density at radius 1 is 0.962 bits per heavy atom. The molecule has 0 aromatic heterocycles. The highest BCUT2D eigenvalue weighted by atomic mass is 19.4. The smallest absolute Gasteiger partial charge is 0.405 e. The number of hydrogen-bond acceptors (Lipinski definition) is 4. The summed E-state index contributed by atoms with van der Waals surface area (Å²) in [6.45, 7) is -1.56. The Labute approximate surface area is 145 Å². The number of rotatable bonds is 8. The van der Waals surface area contributed by atoms with Gasteiger partial charge >= 0.3 is 12.1 Å². The number of amides is 3.